The number of aromatic nitrogens is 1. The predicted octanol–water partition coefficient (Wildman–Crippen LogP) is 6.55. The lowest BCUT2D eigenvalue weighted by molar-refractivity contribution is -0.117. The zero-order valence-corrected chi connectivity index (χ0v) is 23.3. The zero-order valence-electron chi connectivity index (χ0n) is 23.3. The van der Waals surface area contributed by atoms with Crippen LogP contribution in [0.4, 0.5) is 5.69 Å². The Hall–Kier alpha value is -3.05. The Labute approximate surface area is 222 Å². The standard InChI is InChI=1S/C32H41N3O2/c1-21-15-22(2)28(32(37)16-21)13-14-31(36)29-17-25(24-11-12-26(33-19-24)20-34(4)5)18-30(23(29)3)35(6)27-9-7-8-10-27/h11-12,15-19,27-28H,7-10,13-14,20H2,1-6H3. The molecule has 1 atom stereocenters. The number of hydrogen-bond acceptors (Lipinski definition) is 5. The van der Waals surface area contributed by atoms with Gasteiger partial charge in [-0.15, -0.1) is 0 Å². The second kappa shape index (κ2) is 11.6. The molecule has 196 valence electrons. The van der Waals surface area contributed by atoms with Crippen molar-refractivity contribution in [2.24, 2.45) is 5.92 Å². The van der Waals surface area contributed by atoms with Gasteiger partial charge in [0.05, 0.1) is 5.69 Å². The molecule has 0 amide bonds. The molecule has 37 heavy (non-hydrogen) atoms. The van der Waals surface area contributed by atoms with Crippen molar-refractivity contribution in [1.82, 2.24) is 9.88 Å². The van der Waals surface area contributed by atoms with E-state index in [9.17, 15) is 9.59 Å². The fraction of sp³-hybridized carbons (Fsp3) is 0.469. The number of nitrogens with zero attached hydrogens (tertiary/aromatic N) is 3. The number of allylic oxidation sites excluding steroid dienone is 4. The lowest BCUT2D eigenvalue weighted by Gasteiger charge is -2.29. The largest absolute Gasteiger partial charge is 0.371 e. The molecule has 2 aliphatic carbocycles. The molecule has 1 aromatic carbocycles. The molecule has 0 N–H and O–H groups in total. The normalized spacial score (nSPS) is 18.2. The van der Waals surface area contributed by atoms with E-state index in [2.05, 4.69) is 53.0 Å². The molecule has 1 heterocycles. The fourth-order valence-corrected chi connectivity index (χ4v) is 5.85. The first-order valence-electron chi connectivity index (χ1n) is 13.5. The molecule has 0 bridgehead atoms. The van der Waals surface area contributed by atoms with Crippen LogP contribution in [0.3, 0.4) is 0 Å². The van der Waals surface area contributed by atoms with Crippen molar-refractivity contribution in [3.05, 3.63) is 70.6 Å². The van der Waals surface area contributed by atoms with Crippen molar-refractivity contribution in [2.45, 2.75) is 71.9 Å². The molecule has 5 nitrogen and oxygen atoms in total. The van der Waals surface area contributed by atoms with Gasteiger partial charge in [-0.05, 0) is 95.1 Å². The van der Waals surface area contributed by atoms with Gasteiger partial charge in [0.1, 0.15) is 0 Å². The van der Waals surface area contributed by atoms with E-state index < -0.39 is 0 Å². The predicted molar refractivity (Wildman–Crippen MR) is 152 cm³/mol. The smallest absolute Gasteiger partial charge is 0.163 e. The number of carbonyl (C=O) groups excluding carboxylic acids is 2. The van der Waals surface area contributed by atoms with E-state index in [0.29, 0.717) is 18.9 Å². The van der Waals surface area contributed by atoms with Crippen LogP contribution in [0, 0.1) is 12.8 Å². The number of anilines is 1. The molecule has 0 saturated heterocycles. The topological polar surface area (TPSA) is 53.5 Å². The quantitative estimate of drug-likeness (QED) is 0.366. The highest BCUT2D eigenvalue weighted by Gasteiger charge is 2.26. The maximum Gasteiger partial charge on any atom is 0.163 e. The minimum atomic E-state index is -0.204. The van der Waals surface area contributed by atoms with Gasteiger partial charge in [0.25, 0.3) is 0 Å². The summed E-state index contributed by atoms with van der Waals surface area (Å²) in [6.07, 6.45) is 11.5. The molecule has 5 heteroatoms. The maximum atomic E-state index is 13.7. The SMILES string of the molecule is CC1=CC(=O)C(CCC(=O)c2cc(-c3ccc(CN(C)C)nc3)cc(N(C)C3CCCC3)c2C)C(C)=C1. The summed E-state index contributed by atoms with van der Waals surface area (Å²) in [5.74, 6) is 0.0102. The molecule has 0 spiro atoms. The third-order valence-electron chi connectivity index (χ3n) is 7.95. The fourth-order valence-electron chi connectivity index (χ4n) is 5.85. The van der Waals surface area contributed by atoms with Crippen molar-refractivity contribution in [3.63, 3.8) is 0 Å². The van der Waals surface area contributed by atoms with Crippen LogP contribution in [-0.4, -0.2) is 48.6 Å². The van der Waals surface area contributed by atoms with E-state index >= 15 is 0 Å². The number of benzene rings is 1. The summed E-state index contributed by atoms with van der Waals surface area (Å²) >= 11 is 0. The van der Waals surface area contributed by atoms with Crippen LogP contribution >= 0.6 is 0 Å². The van der Waals surface area contributed by atoms with E-state index in [4.69, 9.17) is 0 Å². The van der Waals surface area contributed by atoms with Crippen molar-refractivity contribution in [3.8, 4) is 11.1 Å². The zero-order chi connectivity index (χ0) is 26.7. The lowest BCUT2D eigenvalue weighted by atomic mass is 9.84. The van der Waals surface area contributed by atoms with E-state index in [1.54, 1.807) is 6.08 Å². The van der Waals surface area contributed by atoms with Crippen molar-refractivity contribution in [1.29, 1.82) is 0 Å². The van der Waals surface area contributed by atoms with Gasteiger partial charge in [-0.1, -0.05) is 30.6 Å². The summed E-state index contributed by atoms with van der Waals surface area (Å²) in [6.45, 7) is 6.80. The Bertz CT molecular complexity index is 1220. The van der Waals surface area contributed by atoms with Crippen molar-refractivity contribution in [2.75, 3.05) is 26.0 Å². The molecule has 0 aliphatic heterocycles. The second-order valence-electron chi connectivity index (χ2n) is 11.2. The van der Waals surface area contributed by atoms with Gasteiger partial charge in [-0.3, -0.25) is 14.6 Å². The number of rotatable bonds is 9. The molecule has 1 saturated carbocycles. The van der Waals surface area contributed by atoms with Gasteiger partial charge in [0.15, 0.2) is 11.6 Å². The minimum absolute atomic E-state index is 0.101. The Morgan fingerprint density at radius 2 is 1.73 bits per heavy atom. The highest BCUT2D eigenvalue weighted by molar-refractivity contribution is 6.01. The van der Waals surface area contributed by atoms with E-state index in [1.807, 2.05) is 40.2 Å². The second-order valence-corrected chi connectivity index (χ2v) is 11.2. The summed E-state index contributed by atoms with van der Waals surface area (Å²) in [4.78, 5) is 35.4. The summed E-state index contributed by atoms with van der Waals surface area (Å²) in [6, 6.07) is 8.92. The van der Waals surface area contributed by atoms with Crippen LogP contribution in [0.1, 0.15) is 74.0 Å². The lowest BCUT2D eigenvalue weighted by Crippen LogP contribution is -2.30. The molecule has 0 radical (unpaired) electrons. The van der Waals surface area contributed by atoms with Crippen LogP contribution in [0.15, 0.2) is 53.8 Å². The highest BCUT2D eigenvalue weighted by atomic mass is 16.1. The maximum absolute atomic E-state index is 13.7. The Morgan fingerprint density at radius 1 is 1.00 bits per heavy atom. The first kappa shape index (κ1) is 27.0. The number of pyridine rings is 1. The molecular formula is C32H41N3O2. The molecular weight excluding hydrogens is 458 g/mol. The third-order valence-corrected chi connectivity index (χ3v) is 7.95. The number of hydrogen-bond donors (Lipinski definition) is 0. The Kier molecular flexibility index (Phi) is 8.43. The van der Waals surface area contributed by atoms with Gasteiger partial charge in [-0.25, -0.2) is 0 Å². The number of ketones is 2. The summed E-state index contributed by atoms with van der Waals surface area (Å²) in [5.41, 5.74) is 7.98. The molecule has 4 rings (SSSR count). The Morgan fingerprint density at radius 3 is 2.35 bits per heavy atom. The molecule has 1 aromatic heterocycles. The molecule has 2 aliphatic rings. The van der Waals surface area contributed by atoms with E-state index in [-0.39, 0.29) is 17.5 Å². The molecule has 1 unspecified atom stereocenters. The van der Waals surface area contributed by atoms with E-state index in [1.165, 1.54) is 25.7 Å². The molecule has 1 fully saturated rings. The van der Waals surface area contributed by atoms with E-state index in [0.717, 1.165) is 51.3 Å². The van der Waals surface area contributed by atoms with Gasteiger partial charge < -0.3 is 9.80 Å². The van der Waals surface area contributed by atoms with Gasteiger partial charge >= 0.3 is 0 Å². The Balaban J connectivity index is 1.65. The molecule has 2 aromatic rings. The van der Waals surface area contributed by atoms with Crippen LogP contribution < -0.4 is 4.90 Å². The highest BCUT2D eigenvalue weighted by Crippen LogP contribution is 2.35. The van der Waals surface area contributed by atoms with Crippen LogP contribution in [0.2, 0.25) is 0 Å². The minimum Gasteiger partial charge on any atom is -0.371 e. The number of carbonyl (C=O) groups is 2. The first-order valence-corrected chi connectivity index (χ1v) is 13.5. The van der Waals surface area contributed by atoms with Crippen molar-refractivity contribution >= 4 is 17.3 Å². The van der Waals surface area contributed by atoms with Crippen LogP contribution in [-0.2, 0) is 11.3 Å². The van der Waals surface area contributed by atoms with Gasteiger partial charge in [0.2, 0.25) is 0 Å². The third kappa shape index (κ3) is 6.27. The average molecular weight is 500 g/mol. The first-order chi connectivity index (χ1) is 17.6. The summed E-state index contributed by atoms with van der Waals surface area (Å²) < 4.78 is 0. The van der Waals surface area contributed by atoms with Gasteiger partial charge in [-0.2, -0.15) is 0 Å². The van der Waals surface area contributed by atoms with Gasteiger partial charge in [0, 0.05) is 55.0 Å². The van der Waals surface area contributed by atoms with Crippen LogP contribution in [0.25, 0.3) is 11.1 Å². The summed E-state index contributed by atoms with van der Waals surface area (Å²) in [5, 5.41) is 0. The number of Topliss-reactive ketones (excluding diaryl/α,β-unsaturated/α-hetero) is 1. The summed E-state index contributed by atoms with van der Waals surface area (Å²) in [7, 11) is 6.24. The average Bonchev–Trinajstić information content (AvgIpc) is 3.38. The van der Waals surface area contributed by atoms with Crippen molar-refractivity contribution < 1.29 is 9.59 Å². The monoisotopic (exact) mass is 499 g/mol. The van der Waals surface area contributed by atoms with Crippen LogP contribution in [0.5, 0.6) is 0 Å².